The maximum atomic E-state index is 14.2. The molecule has 1 aromatic heterocycles. The van der Waals surface area contributed by atoms with Crippen LogP contribution in [0, 0.1) is 5.82 Å². The van der Waals surface area contributed by atoms with E-state index in [0.29, 0.717) is 19.5 Å². The van der Waals surface area contributed by atoms with Crippen molar-refractivity contribution in [1.82, 2.24) is 15.6 Å². The number of rotatable bonds is 8. The van der Waals surface area contributed by atoms with Gasteiger partial charge in [-0.05, 0) is 12.8 Å². The molecule has 0 radical (unpaired) electrons. The number of nitrogens with zero attached hydrogens (tertiary/aromatic N) is 1. The molecule has 1 saturated heterocycles. The topological polar surface area (TPSA) is 128 Å². The first kappa shape index (κ1) is 23.8. The molecule has 0 aliphatic carbocycles. The lowest BCUT2D eigenvalue weighted by atomic mass is 10.0. The minimum absolute atomic E-state index is 0.218. The summed E-state index contributed by atoms with van der Waals surface area (Å²) in [5, 5.41) is 7.15. The van der Waals surface area contributed by atoms with E-state index in [9.17, 15) is 27.2 Å². The molecule has 0 unspecified atom stereocenters. The summed E-state index contributed by atoms with van der Waals surface area (Å²) in [6.45, 7) is -1.20. The predicted octanol–water partition coefficient (Wildman–Crippen LogP) is 0.696. The number of carbonyl (C=O) groups is 2. The van der Waals surface area contributed by atoms with E-state index in [2.05, 4.69) is 15.6 Å². The van der Waals surface area contributed by atoms with Crippen LogP contribution in [-0.2, 0) is 20.7 Å². The van der Waals surface area contributed by atoms with E-state index in [0.717, 1.165) is 6.20 Å². The van der Waals surface area contributed by atoms with E-state index in [1.807, 2.05) is 0 Å². The molecule has 2 atom stereocenters. The number of morpholine rings is 1. The van der Waals surface area contributed by atoms with Crippen molar-refractivity contribution in [2.24, 2.45) is 5.73 Å². The van der Waals surface area contributed by atoms with Crippen LogP contribution in [-0.4, -0.2) is 68.2 Å². The van der Waals surface area contributed by atoms with Crippen molar-refractivity contribution in [1.29, 1.82) is 0 Å². The Labute approximate surface area is 169 Å². The minimum Gasteiger partial charge on any atom is -0.447 e. The van der Waals surface area contributed by atoms with Gasteiger partial charge in [-0.2, -0.15) is 13.2 Å². The summed E-state index contributed by atoms with van der Waals surface area (Å²) in [4.78, 5) is 26.5. The van der Waals surface area contributed by atoms with E-state index < -0.39 is 36.6 Å². The van der Waals surface area contributed by atoms with Crippen molar-refractivity contribution in [2.45, 2.75) is 31.2 Å². The number of nitrogens with one attached hydrogen (secondary N) is 3. The second-order valence-corrected chi connectivity index (χ2v) is 6.54. The number of anilines is 1. The maximum Gasteiger partial charge on any atom is 0.407 e. The third kappa shape index (κ3) is 8.08. The van der Waals surface area contributed by atoms with E-state index >= 15 is 0 Å². The summed E-state index contributed by atoms with van der Waals surface area (Å²) in [5.74, 6) is -1.07. The number of nitrogens with two attached hydrogens (primary N) is 1. The standard InChI is InChI=1S/C17H23F4N5O4/c18-13-6-24-7-14(26-15(27)3-22)12(13)2-1-10-4-23-5-11(30-10)8-29-16(28)25-9-17(19,20)21/h6-7,10-11,23H,1-5,8-9,22H2,(H,25,28)(H,26,27)/t10-,11+/m1/s1. The molecule has 13 heteroatoms. The zero-order valence-electron chi connectivity index (χ0n) is 15.9. The number of alkyl halides is 3. The third-order valence-corrected chi connectivity index (χ3v) is 4.14. The maximum absolute atomic E-state index is 14.2. The van der Waals surface area contributed by atoms with Crippen LogP contribution in [0.2, 0.25) is 0 Å². The molecule has 9 nitrogen and oxygen atoms in total. The quantitative estimate of drug-likeness (QED) is 0.441. The van der Waals surface area contributed by atoms with Crippen LogP contribution < -0.4 is 21.7 Å². The fourth-order valence-corrected chi connectivity index (χ4v) is 2.76. The average Bonchev–Trinajstić information content (AvgIpc) is 2.70. The Kier molecular flexibility index (Phi) is 8.74. The lowest BCUT2D eigenvalue weighted by Gasteiger charge is -2.30. The lowest BCUT2D eigenvalue weighted by molar-refractivity contribution is -0.124. The van der Waals surface area contributed by atoms with Gasteiger partial charge in [-0.1, -0.05) is 0 Å². The molecule has 0 bridgehead atoms. The van der Waals surface area contributed by atoms with Crippen molar-refractivity contribution in [3.05, 3.63) is 23.8 Å². The van der Waals surface area contributed by atoms with Crippen LogP contribution in [0.5, 0.6) is 0 Å². The predicted molar refractivity (Wildman–Crippen MR) is 97.1 cm³/mol. The molecule has 0 saturated carbocycles. The van der Waals surface area contributed by atoms with Crippen molar-refractivity contribution in [3.63, 3.8) is 0 Å². The van der Waals surface area contributed by atoms with E-state index in [1.54, 1.807) is 5.32 Å². The summed E-state index contributed by atoms with van der Waals surface area (Å²) in [6, 6.07) is 0. The summed E-state index contributed by atoms with van der Waals surface area (Å²) in [5.41, 5.74) is 5.72. The first-order chi connectivity index (χ1) is 14.2. The minimum atomic E-state index is -4.53. The number of alkyl carbamates (subject to hydrolysis) is 1. The lowest BCUT2D eigenvalue weighted by Crippen LogP contribution is -2.47. The van der Waals surface area contributed by atoms with Crippen molar-refractivity contribution < 1.29 is 36.6 Å². The Morgan fingerprint density at radius 2 is 2.03 bits per heavy atom. The number of pyridine rings is 1. The van der Waals surface area contributed by atoms with Crippen molar-refractivity contribution in [3.8, 4) is 0 Å². The normalized spacial score (nSPS) is 19.2. The zero-order chi connectivity index (χ0) is 22.1. The molecule has 2 rings (SSSR count). The number of amides is 2. The summed E-state index contributed by atoms with van der Waals surface area (Å²) in [7, 11) is 0. The second-order valence-electron chi connectivity index (χ2n) is 6.54. The van der Waals surface area contributed by atoms with Gasteiger partial charge < -0.3 is 31.2 Å². The van der Waals surface area contributed by atoms with E-state index in [-0.39, 0.29) is 36.9 Å². The number of hydrogen-bond acceptors (Lipinski definition) is 7. The zero-order valence-corrected chi connectivity index (χ0v) is 15.9. The van der Waals surface area contributed by atoms with Gasteiger partial charge >= 0.3 is 12.3 Å². The second kappa shape index (κ2) is 11.0. The van der Waals surface area contributed by atoms with Gasteiger partial charge in [0.1, 0.15) is 25.1 Å². The molecule has 1 fully saturated rings. The highest BCUT2D eigenvalue weighted by Crippen LogP contribution is 2.21. The number of ether oxygens (including phenoxy) is 2. The number of halogens is 4. The summed E-state index contributed by atoms with van der Waals surface area (Å²) in [6.07, 6.45) is -3.72. The molecule has 1 aliphatic heterocycles. The van der Waals surface area contributed by atoms with Gasteiger partial charge in [0.15, 0.2) is 0 Å². The average molecular weight is 437 g/mol. The van der Waals surface area contributed by atoms with Gasteiger partial charge in [-0.25, -0.2) is 9.18 Å². The van der Waals surface area contributed by atoms with Gasteiger partial charge in [-0.15, -0.1) is 0 Å². The molecule has 2 heterocycles. The monoisotopic (exact) mass is 437 g/mol. The van der Waals surface area contributed by atoms with Crippen LogP contribution in [0.1, 0.15) is 12.0 Å². The van der Waals surface area contributed by atoms with Gasteiger partial charge in [0.05, 0.1) is 30.7 Å². The number of carbonyl (C=O) groups excluding carboxylic acids is 2. The fourth-order valence-electron chi connectivity index (χ4n) is 2.76. The molecule has 0 spiro atoms. The molecule has 1 aliphatic rings. The molecule has 30 heavy (non-hydrogen) atoms. The Morgan fingerprint density at radius 3 is 2.73 bits per heavy atom. The van der Waals surface area contributed by atoms with Crippen LogP contribution in [0.25, 0.3) is 0 Å². The first-order valence-corrected chi connectivity index (χ1v) is 9.13. The highest BCUT2D eigenvalue weighted by atomic mass is 19.4. The van der Waals surface area contributed by atoms with E-state index in [1.165, 1.54) is 6.20 Å². The number of aromatic nitrogens is 1. The highest BCUT2D eigenvalue weighted by Gasteiger charge is 2.29. The largest absolute Gasteiger partial charge is 0.447 e. The highest BCUT2D eigenvalue weighted by molar-refractivity contribution is 5.92. The van der Waals surface area contributed by atoms with Crippen LogP contribution in [0.3, 0.4) is 0 Å². The van der Waals surface area contributed by atoms with Gasteiger partial charge in [-0.3, -0.25) is 9.78 Å². The molecule has 1 aromatic rings. The number of hydrogen-bond donors (Lipinski definition) is 4. The van der Waals surface area contributed by atoms with Gasteiger partial charge in [0.2, 0.25) is 5.91 Å². The Balaban J connectivity index is 1.83. The SMILES string of the molecule is NCC(=O)Nc1cncc(F)c1CC[C@@H]1CNC[C@@H](COC(=O)NCC(F)(F)F)O1. The summed E-state index contributed by atoms with van der Waals surface area (Å²) >= 11 is 0. The van der Waals surface area contributed by atoms with Gasteiger partial charge in [0.25, 0.3) is 0 Å². The molecular weight excluding hydrogens is 414 g/mol. The Bertz CT molecular complexity index is 735. The van der Waals surface area contributed by atoms with Crippen LogP contribution >= 0.6 is 0 Å². The fraction of sp³-hybridized carbons (Fsp3) is 0.588. The first-order valence-electron chi connectivity index (χ1n) is 9.13. The Morgan fingerprint density at radius 1 is 1.30 bits per heavy atom. The van der Waals surface area contributed by atoms with Crippen molar-refractivity contribution in [2.75, 3.05) is 38.1 Å². The van der Waals surface area contributed by atoms with Crippen molar-refractivity contribution >= 4 is 17.7 Å². The summed E-state index contributed by atoms with van der Waals surface area (Å²) < 4.78 is 60.9. The Hall–Kier alpha value is -2.51. The molecule has 2 amide bonds. The van der Waals surface area contributed by atoms with Gasteiger partial charge in [0, 0.05) is 18.7 Å². The molecular formula is C17H23F4N5O4. The molecule has 0 aromatic carbocycles. The molecule has 168 valence electrons. The smallest absolute Gasteiger partial charge is 0.407 e. The van der Waals surface area contributed by atoms with Crippen LogP contribution in [0.4, 0.5) is 28.0 Å². The van der Waals surface area contributed by atoms with E-state index in [4.69, 9.17) is 15.2 Å². The van der Waals surface area contributed by atoms with Crippen LogP contribution in [0.15, 0.2) is 12.4 Å². The molecule has 5 N–H and O–H groups in total. The third-order valence-electron chi connectivity index (χ3n) is 4.14.